The number of thiophene rings is 1. The summed E-state index contributed by atoms with van der Waals surface area (Å²) in [4.78, 5) is 13.2. The summed E-state index contributed by atoms with van der Waals surface area (Å²) < 4.78 is -1.80. The second-order valence-corrected chi connectivity index (χ2v) is 10.1. The maximum absolute atomic E-state index is 11.9. The molecule has 0 saturated heterocycles. The van der Waals surface area contributed by atoms with Crippen LogP contribution in [0.1, 0.15) is 42.7 Å². The minimum absolute atomic E-state index is 0.167. The number of nitriles is 1. The molecular weight excluding hydrogens is 435 g/mol. The molecule has 1 aliphatic rings. The second kappa shape index (κ2) is 8.94. The molecule has 0 bridgehead atoms. The molecule has 0 radical (unpaired) electrons. The minimum Gasteiger partial charge on any atom is -0.339 e. The molecule has 1 amide bonds. The lowest BCUT2D eigenvalue weighted by atomic mass is 9.96. The number of carbonyl (C=O) groups is 1. The summed E-state index contributed by atoms with van der Waals surface area (Å²) in [6.45, 7) is 3.47. The van der Waals surface area contributed by atoms with Gasteiger partial charge in [0.2, 0.25) is 9.70 Å². The molecule has 10 heteroatoms. The van der Waals surface area contributed by atoms with Crippen LogP contribution in [0, 0.1) is 17.2 Å². The van der Waals surface area contributed by atoms with E-state index in [1.54, 1.807) is 13.8 Å². The molecule has 26 heavy (non-hydrogen) atoms. The van der Waals surface area contributed by atoms with Crippen molar-refractivity contribution < 1.29 is 4.79 Å². The Morgan fingerprint density at radius 2 is 1.92 bits per heavy atom. The van der Waals surface area contributed by atoms with Crippen molar-refractivity contribution in [2.24, 2.45) is 5.92 Å². The summed E-state index contributed by atoms with van der Waals surface area (Å²) in [6, 6.07) is 2.25. The molecule has 1 atom stereocenters. The van der Waals surface area contributed by atoms with E-state index in [4.69, 9.17) is 47.0 Å². The Balaban J connectivity index is 2.12. The fourth-order valence-electron chi connectivity index (χ4n) is 2.55. The van der Waals surface area contributed by atoms with Gasteiger partial charge in [-0.2, -0.15) is 5.26 Å². The van der Waals surface area contributed by atoms with Crippen molar-refractivity contribution in [3.05, 3.63) is 16.0 Å². The molecule has 5 nitrogen and oxygen atoms in total. The van der Waals surface area contributed by atoms with Crippen molar-refractivity contribution in [1.82, 2.24) is 10.6 Å². The monoisotopic (exact) mass is 452 g/mol. The average Bonchev–Trinajstić information content (AvgIpc) is 2.89. The molecule has 1 heterocycles. The SMILES string of the molecule is CC(C)C(=O)NC(NC(=S)Nc1sc2c(c1C#N)CCCC2)C(Cl)(Cl)Cl. The van der Waals surface area contributed by atoms with Gasteiger partial charge in [0.15, 0.2) is 5.11 Å². The molecule has 0 spiro atoms. The zero-order chi connectivity index (χ0) is 19.5. The number of nitrogens with one attached hydrogen (secondary N) is 3. The summed E-state index contributed by atoms with van der Waals surface area (Å²) in [5.74, 6) is -0.552. The van der Waals surface area contributed by atoms with E-state index < -0.39 is 9.96 Å². The number of fused-ring (bicyclic) bond motifs is 1. The van der Waals surface area contributed by atoms with Crippen LogP contribution in [0.15, 0.2) is 0 Å². The van der Waals surface area contributed by atoms with E-state index in [9.17, 15) is 10.1 Å². The van der Waals surface area contributed by atoms with Gasteiger partial charge in [0.1, 0.15) is 17.2 Å². The van der Waals surface area contributed by atoms with Gasteiger partial charge < -0.3 is 16.0 Å². The Labute approximate surface area is 177 Å². The van der Waals surface area contributed by atoms with Crippen LogP contribution >= 0.6 is 58.4 Å². The zero-order valence-electron chi connectivity index (χ0n) is 14.3. The summed E-state index contributed by atoms with van der Waals surface area (Å²) in [5, 5.41) is 18.8. The van der Waals surface area contributed by atoms with E-state index in [0.29, 0.717) is 10.6 Å². The topological polar surface area (TPSA) is 77.0 Å². The first kappa shape index (κ1) is 21.5. The van der Waals surface area contributed by atoms with Crippen molar-refractivity contribution in [3.8, 4) is 6.07 Å². The van der Waals surface area contributed by atoms with E-state index in [2.05, 4.69) is 22.0 Å². The molecule has 0 aromatic carbocycles. The number of thiocarbonyl (C=S) groups is 1. The fourth-order valence-corrected chi connectivity index (χ4v) is 4.41. The molecule has 0 aliphatic heterocycles. The van der Waals surface area contributed by atoms with Crippen molar-refractivity contribution in [2.75, 3.05) is 5.32 Å². The average molecular weight is 454 g/mol. The number of rotatable bonds is 4. The largest absolute Gasteiger partial charge is 0.339 e. The number of alkyl halides is 3. The third kappa shape index (κ3) is 5.37. The molecule has 1 unspecified atom stereocenters. The lowest BCUT2D eigenvalue weighted by Crippen LogP contribution is -2.56. The van der Waals surface area contributed by atoms with Crippen molar-refractivity contribution >= 4 is 74.4 Å². The molecular formula is C16H19Cl3N4OS2. The Morgan fingerprint density at radius 1 is 1.27 bits per heavy atom. The molecule has 0 saturated carbocycles. The van der Waals surface area contributed by atoms with E-state index in [0.717, 1.165) is 31.2 Å². The zero-order valence-corrected chi connectivity index (χ0v) is 18.2. The highest BCUT2D eigenvalue weighted by atomic mass is 35.6. The van der Waals surface area contributed by atoms with Crippen molar-refractivity contribution in [3.63, 3.8) is 0 Å². The van der Waals surface area contributed by atoms with Crippen LogP contribution in [0.25, 0.3) is 0 Å². The van der Waals surface area contributed by atoms with Gasteiger partial charge in [-0.3, -0.25) is 4.79 Å². The van der Waals surface area contributed by atoms with Crippen LogP contribution in [0.2, 0.25) is 0 Å². The van der Waals surface area contributed by atoms with E-state index in [1.807, 2.05) is 0 Å². The van der Waals surface area contributed by atoms with Crippen molar-refractivity contribution in [2.45, 2.75) is 49.5 Å². The van der Waals surface area contributed by atoms with Crippen LogP contribution in [-0.4, -0.2) is 21.0 Å². The highest BCUT2D eigenvalue weighted by molar-refractivity contribution is 7.80. The van der Waals surface area contributed by atoms with Gasteiger partial charge in [0.05, 0.1) is 5.56 Å². The number of aryl methyl sites for hydroxylation is 1. The standard InChI is InChI=1S/C16H19Cl3N4OS2/c1-8(2)12(24)21-14(16(17,18)19)23-15(25)22-13-10(7-20)9-5-3-4-6-11(9)26-13/h8,14H,3-6H2,1-2H3,(H,21,24)(H2,22,23,25). The molecule has 1 aliphatic carbocycles. The third-order valence-electron chi connectivity index (χ3n) is 3.92. The fraction of sp³-hybridized carbons (Fsp3) is 0.562. The van der Waals surface area contributed by atoms with Gasteiger partial charge in [-0.15, -0.1) is 11.3 Å². The van der Waals surface area contributed by atoms with Gasteiger partial charge >= 0.3 is 0 Å². The van der Waals surface area contributed by atoms with Gasteiger partial charge in [-0.1, -0.05) is 48.7 Å². The van der Waals surface area contributed by atoms with E-state index in [-0.39, 0.29) is 16.9 Å². The van der Waals surface area contributed by atoms with Crippen LogP contribution in [0.4, 0.5) is 5.00 Å². The summed E-state index contributed by atoms with van der Waals surface area (Å²) in [5.41, 5.74) is 1.71. The predicted octanol–water partition coefficient (Wildman–Crippen LogP) is 4.25. The highest BCUT2D eigenvalue weighted by Crippen LogP contribution is 2.37. The van der Waals surface area contributed by atoms with E-state index in [1.165, 1.54) is 16.2 Å². The lowest BCUT2D eigenvalue weighted by Gasteiger charge is -2.28. The normalized spacial score (nSPS) is 15.0. The summed E-state index contributed by atoms with van der Waals surface area (Å²) in [6.07, 6.45) is 3.06. The van der Waals surface area contributed by atoms with Crippen molar-refractivity contribution in [1.29, 1.82) is 5.26 Å². The smallest absolute Gasteiger partial charge is 0.228 e. The minimum atomic E-state index is -1.80. The molecule has 1 aromatic rings. The van der Waals surface area contributed by atoms with Gasteiger partial charge in [-0.05, 0) is 43.5 Å². The van der Waals surface area contributed by atoms with E-state index >= 15 is 0 Å². The Bertz CT molecular complexity index is 737. The molecule has 3 N–H and O–H groups in total. The maximum Gasteiger partial charge on any atom is 0.228 e. The van der Waals surface area contributed by atoms with Crippen LogP contribution in [-0.2, 0) is 17.6 Å². The van der Waals surface area contributed by atoms with Gasteiger partial charge in [0.25, 0.3) is 0 Å². The summed E-state index contributed by atoms with van der Waals surface area (Å²) >= 11 is 24.7. The number of halogens is 3. The number of hydrogen-bond acceptors (Lipinski definition) is 4. The Hall–Kier alpha value is -0.780. The molecule has 0 fully saturated rings. The van der Waals surface area contributed by atoms with Crippen LogP contribution < -0.4 is 16.0 Å². The third-order valence-corrected chi connectivity index (χ3v) is 6.01. The molecule has 1 aromatic heterocycles. The second-order valence-electron chi connectivity index (χ2n) is 6.26. The quantitative estimate of drug-likeness (QED) is 0.361. The van der Waals surface area contributed by atoms with Crippen LogP contribution in [0.5, 0.6) is 0 Å². The first-order valence-electron chi connectivity index (χ1n) is 8.12. The Morgan fingerprint density at radius 3 is 2.50 bits per heavy atom. The maximum atomic E-state index is 11.9. The number of anilines is 1. The predicted molar refractivity (Wildman–Crippen MR) is 112 cm³/mol. The first-order valence-corrected chi connectivity index (χ1v) is 10.5. The highest BCUT2D eigenvalue weighted by Gasteiger charge is 2.35. The Kier molecular flexibility index (Phi) is 7.40. The first-order chi connectivity index (χ1) is 12.1. The van der Waals surface area contributed by atoms with Gasteiger partial charge in [-0.25, -0.2) is 0 Å². The van der Waals surface area contributed by atoms with Crippen LogP contribution in [0.3, 0.4) is 0 Å². The number of nitrogens with zero attached hydrogens (tertiary/aromatic N) is 1. The summed E-state index contributed by atoms with van der Waals surface area (Å²) in [7, 11) is 0. The number of carbonyl (C=O) groups excluding carboxylic acids is 1. The number of amides is 1. The molecule has 142 valence electrons. The number of hydrogen-bond donors (Lipinski definition) is 3. The lowest BCUT2D eigenvalue weighted by molar-refractivity contribution is -0.124. The molecule has 2 rings (SSSR count). The van der Waals surface area contributed by atoms with Gasteiger partial charge in [0, 0.05) is 10.8 Å².